The largest absolute Gasteiger partial charge is 0.460 e. The first kappa shape index (κ1) is 19.0. The Morgan fingerprint density at radius 2 is 1.88 bits per heavy atom. The Bertz CT molecular complexity index is 686. The summed E-state index contributed by atoms with van der Waals surface area (Å²) >= 11 is 0. The van der Waals surface area contributed by atoms with Crippen LogP contribution in [0.3, 0.4) is 0 Å². The lowest BCUT2D eigenvalue weighted by atomic mass is 9.63. The molecule has 0 bridgehead atoms. The summed E-state index contributed by atoms with van der Waals surface area (Å²) in [5.74, 6) is -1.42. The Kier molecular flexibility index (Phi) is 5.58. The molecule has 0 aliphatic carbocycles. The molecule has 3 unspecified atom stereocenters. The summed E-state index contributed by atoms with van der Waals surface area (Å²) in [7, 11) is 0. The van der Waals surface area contributed by atoms with Gasteiger partial charge in [0.1, 0.15) is 0 Å². The van der Waals surface area contributed by atoms with Crippen molar-refractivity contribution in [2.45, 2.75) is 37.8 Å². The first-order valence-corrected chi connectivity index (χ1v) is 7.12. The van der Waals surface area contributed by atoms with Crippen LogP contribution >= 0.6 is 0 Å². The van der Waals surface area contributed by atoms with Gasteiger partial charge in [0.15, 0.2) is 11.5 Å². The van der Waals surface area contributed by atoms with Crippen LogP contribution in [0.4, 0.5) is 0 Å². The van der Waals surface area contributed by atoms with Gasteiger partial charge in [0.05, 0.1) is 11.5 Å². The van der Waals surface area contributed by atoms with Gasteiger partial charge in [-0.1, -0.05) is 30.3 Å². The van der Waals surface area contributed by atoms with E-state index in [-0.39, 0.29) is 12.2 Å². The molecule has 0 heterocycles. The first-order valence-electron chi connectivity index (χ1n) is 7.12. The van der Waals surface area contributed by atoms with E-state index in [9.17, 15) is 30.3 Å². The van der Waals surface area contributed by atoms with Crippen LogP contribution in [-0.4, -0.2) is 34.0 Å². The third kappa shape index (κ3) is 2.67. The molecular formula is C15H17N3O6. The van der Waals surface area contributed by atoms with Crippen LogP contribution in [0, 0.1) is 31.6 Å². The highest BCUT2D eigenvalue weighted by atomic mass is 16.6. The van der Waals surface area contributed by atoms with E-state index in [0.717, 1.165) is 6.92 Å². The molecule has 9 nitrogen and oxygen atoms in total. The molecule has 24 heavy (non-hydrogen) atoms. The highest BCUT2D eigenvalue weighted by molar-refractivity contribution is 5.85. The van der Waals surface area contributed by atoms with Gasteiger partial charge in [-0.05, 0) is 19.4 Å². The molecule has 0 aromatic heterocycles. The predicted molar refractivity (Wildman–Crippen MR) is 82.2 cm³/mol. The number of carbonyl (C=O) groups excluding carboxylic acids is 1. The summed E-state index contributed by atoms with van der Waals surface area (Å²) in [6, 6.07) is 7.28. The molecule has 0 saturated heterocycles. The summed E-state index contributed by atoms with van der Waals surface area (Å²) in [5, 5.41) is 32.7. The number of benzene rings is 1. The number of nitriles is 1. The number of ether oxygens (including phenoxy) is 1. The Morgan fingerprint density at radius 1 is 1.33 bits per heavy atom. The standard InChI is InChI=1S/C15H17N3O6/c1-4-24-13(19)15(10-16,18(22)23)14(3,11(2)17(20)21)12-8-6-5-7-9-12/h5-9,11H,4H2,1-3H3. The van der Waals surface area contributed by atoms with E-state index in [2.05, 4.69) is 0 Å². The van der Waals surface area contributed by atoms with Crippen molar-refractivity contribution in [3.63, 3.8) is 0 Å². The first-order chi connectivity index (χ1) is 11.2. The number of carbonyl (C=O) groups is 1. The van der Waals surface area contributed by atoms with E-state index in [1.165, 1.54) is 44.2 Å². The average Bonchev–Trinajstić information content (AvgIpc) is 2.55. The Morgan fingerprint density at radius 3 is 2.25 bits per heavy atom. The molecule has 0 saturated carbocycles. The summed E-state index contributed by atoms with van der Waals surface area (Å²) in [5.41, 5.74) is -4.89. The zero-order valence-corrected chi connectivity index (χ0v) is 13.5. The smallest absolute Gasteiger partial charge is 0.415 e. The summed E-state index contributed by atoms with van der Waals surface area (Å²) < 4.78 is 4.73. The van der Waals surface area contributed by atoms with E-state index in [4.69, 9.17) is 4.74 Å². The van der Waals surface area contributed by atoms with Gasteiger partial charge in [0.25, 0.3) is 0 Å². The van der Waals surface area contributed by atoms with E-state index >= 15 is 0 Å². The van der Waals surface area contributed by atoms with Crippen molar-refractivity contribution in [2.75, 3.05) is 6.61 Å². The predicted octanol–water partition coefficient (Wildman–Crippen LogP) is 1.71. The molecule has 0 N–H and O–H groups in total. The lowest BCUT2D eigenvalue weighted by molar-refractivity contribution is -0.587. The number of nitrogens with zero attached hydrogens (tertiary/aromatic N) is 3. The van der Waals surface area contributed by atoms with Crippen molar-refractivity contribution >= 4 is 5.97 Å². The van der Waals surface area contributed by atoms with Crippen LogP contribution in [0.5, 0.6) is 0 Å². The van der Waals surface area contributed by atoms with Gasteiger partial charge >= 0.3 is 11.5 Å². The third-order valence-corrected chi connectivity index (χ3v) is 4.28. The molecule has 1 rings (SSSR count). The highest BCUT2D eigenvalue weighted by Crippen LogP contribution is 2.42. The molecular weight excluding hydrogens is 318 g/mol. The second kappa shape index (κ2) is 7.04. The van der Waals surface area contributed by atoms with E-state index in [0.29, 0.717) is 0 Å². The monoisotopic (exact) mass is 335 g/mol. The van der Waals surface area contributed by atoms with E-state index in [1.807, 2.05) is 0 Å². The van der Waals surface area contributed by atoms with Crippen LogP contribution in [0.25, 0.3) is 0 Å². The van der Waals surface area contributed by atoms with Crippen LogP contribution in [0.15, 0.2) is 30.3 Å². The Hall–Kier alpha value is -3.02. The molecule has 128 valence electrons. The van der Waals surface area contributed by atoms with Crippen molar-refractivity contribution in [1.82, 2.24) is 0 Å². The van der Waals surface area contributed by atoms with Gasteiger partial charge in [0.2, 0.25) is 6.04 Å². The molecule has 9 heteroatoms. The molecule has 0 spiro atoms. The van der Waals surface area contributed by atoms with Crippen molar-refractivity contribution in [1.29, 1.82) is 5.26 Å². The van der Waals surface area contributed by atoms with Gasteiger partial charge in [-0.2, -0.15) is 5.26 Å². The maximum Gasteiger partial charge on any atom is 0.415 e. The fourth-order valence-electron chi connectivity index (χ4n) is 2.66. The number of esters is 1. The Balaban J connectivity index is 3.85. The van der Waals surface area contributed by atoms with Crippen LogP contribution in [0.1, 0.15) is 26.3 Å². The van der Waals surface area contributed by atoms with Crippen molar-refractivity contribution in [3.05, 3.63) is 56.1 Å². The number of rotatable bonds is 7. The molecule has 0 fully saturated rings. The maximum atomic E-state index is 12.4. The molecule has 0 amide bonds. The molecule has 3 atom stereocenters. The van der Waals surface area contributed by atoms with Crippen LogP contribution < -0.4 is 0 Å². The summed E-state index contributed by atoms with van der Waals surface area (Å²) in [4.78, 5) is 33.7. The van der Waals surface area contributed by atoms with Crippen molar-refractivity contribution in [2.24, 2.45) is 0 Å². The molecule has 1 aromatic carbocycles. The Labute approximate surface area is 138 Å². The number of hydrogen-bond acceptors (Lipinski definition) is 7. The number of hydrogen-bond donors (Lipinski definition) is 0. The minimum absolute atomic E-state index is 0.125. The second-order valence-electron chi connectivity index (χ2n) is 5.33. The molecule has 1 aromatic rings. The number of nitro groups is 2. The molecule has 0 radical (unpaired) electrons. The molecule has 0 aliphatic heterocycles. The van der Waals surface area contributed by atoms with Crippen molar-refractivity contribution < 1.29 is 19.4 Å². The molecule has 0 aliphatic rings. The maximum absolute atomic E-state index is 12.4. The normalized spacial score (nSPS) is 16.8. The topological polar surface area (TPSA) is 136 Å². The van der Waals surface area contributed by atoms with Crippen molar-refractivity contribution in [3.8, 4) is 6.07 Å². The van der Waals surface area contributed by atoms with E-state index < -0.39 is 32.8 Å². The van der Waals surface area contributed by atoms with Gasteiger partial charge in [0, 0.05) is 11.8 Å². The fourth-order valence-corrected chi connectivity index (χ4v) is 2.66. The third-order valence-electron chi connectivity index (χ3n) is 4.28. The van der Waals surface area contributed by atoms with Gasteiger partial charge in [-0.15, -0.1) is 0 Å². The minimum Gasteiger partial charge on any atom is -0.460 e. The fraction of sp³-hybridized carbons (Fsp3) is 0.467. The second-order valence-corrected chi connectivity index (χ2v) is 5.33. The lowest BCUT2D eigenvalue weighted by Gasteiger charge is -2.36. The van der Waals surface area contributed by atoms with Crippen LogP contribution in [0.2, 0.25) is 0 Å². The van der Waals surface area contributed by atoms with Gasteiger partial charge < -0.3 is 4.74 Å². The zero-order chi connectivity index (χ0) is 18.5. The minimum atomic E-state index is -2.96. The summed E-state index contributed by atoms with van der Waals surface area (Å²) in [6.45, 7) is 3.52. The van der Waals surface area contributed by atoms with Gasteiger partial charge in [-0.3, -0.25) is 20.2 Å². The SMILES string of the molecule is CCOC(=O)C(C#N)([N+](=O)[O-])C(C)(c1ccccc1)C(C)[N+](=O)[O-]. The zero-order valence-electron chi connectivity index (χ0n) is 13.5. The highest BCUT2D eigenvalue weighted by Gasteiger charge is 2.73. The van der Waals surface area contributed by atoms with Gasteiger partial charge in [-0.25, -0.2) is 4.79 Å². The lowest BCUT2D eigenvalue weighted by Crippen LogP contribution is -2.66. The summed E-state index contributed by atoms with van der Waals surface area (Å²) in [6.07, 6.45) is 0. The van der Waals surface area contributed by atoms with Crippen LogP contribution in [-0.2, 0) is 14.9 Å². The average molecular weight is 335 g/mol. The van der Waals surface area contributed by atoms with E-state index in [1.54, 1.807) is 6.07 Å². The quantitative estimate of drug-likeness (QED) is 0.420.